The fourth-order valence-corrected chi connectivity index (χ4v) is 1.49. The van der Waals surface area contributed by atoms with Gasteiger partial charge in [0.25, 0.3) is 0 Å². The molecule has 1 aromatic rings. The van der Waals surface area contributed by atoms with Crippen LogP contribution < -0.4 is 10.6 Å². The Bertz CT molecular complexity index is 438. The van der Waals surface area contributed by atoms with Crippen LogP contribution in [0.15, 0.2) is 6.07 Å². The number of ether oxygens (including phenoxy) is 1. The molecule has 0 unspecified atom stereocenters. The number of halogens is 3. The second-order valence-electron chi connectivity index (χ2n) is 4.89. The van der Waals surface area contributed by atoms with Gasteiger partial charge in [-0.05, 0) is 12.8 Å². The summed E-state index contributed by atoms with van der Waals surface area (Å²) in [6, 6.07) is 0.892. The van der Waals surface area contributed by atoms with E-state index in [1.807, 2.05) is 13.8 Å². The van der Waals surface area contributed by atoms with Crippen LogP contribution in [0.4, 0.5) is 24.9 Å². The molecule has 2 N–H and O–H groups in total. The third-order valence-electron chi connectivity index (χ3n) is 2.36. The maximum absolute atomic E-state index is 12.7. The number of nitrogens with one attached hydrogen (secondary N) is 2. The van der Waals surface area contributed by atoms with E-state index in [1.54, 1.807) is 6.92 Å². The van der Waals surface area contributed by atoms with E-state index in [2.05, 4.69) is 20.6 Å². The molecule has 0 bridgehead atoms. The Kier molecular flexibility index (Phi) is 6.67. The maximum Gasteiger partial charge on any atom is 0.433 e. The van der Waals surface area contributed by atoms with Crippen molar-refractivity contribution in [3.8, 4) is 0 Å². The van der Waals surface area contributed by atoms with Gasteiger partial charge in [-0.1, -0.05) is 13.8 Å². The van der Waals surface area contributed by atoms with Gasteiger partial charge in [-0.3, -0.25) is 0 Å². The second-order valence-corrected chi connectivity index (χ2v) is 4.89. The molecule has 0 amide bonds. The number of hydrogen-bond donors (Lipinski definition) is 2. The molecule has 1 aromatic heterocycles. The molecule has 0 saturated heterocycles. The standard InChI is InChI=1S/C13H21F3N4O/c1-4-17-12-19-10(13(14,15)16)7-11(20-12)18-5-6-21-8-9(2)3/h7,9H,4-6,8H2,1-3H3,(H2,17,18,19,20). The third kappa shape index (κ3) is 6.61. The van der Waals surface area contributed by atoms with Crippen molar-refractivity contribution in [2.24, 2.45) is 5.92 Å². The molecule has 0 aromatic carbocycles. The molecule has 0 aliphatic heterocycles. The quantitative estimate of drug-likeness (QED) is 0.723. The zero-order chi connectivity index (χ0) is 15.9. The van der Waals surface area contributed by atoms with Gasteiger partial charge in [0.15, 0.2) is 5.69 Å². The minimum atomic E-state index is -4.50. The highest BCUT2D eigenvalue weighted by Gasteiger charge is 2.33. The molecule has 5 nitrogen and oxygen atoms in total. The predicted molar refractivity (Wildman–Crippen MR) is 75.3 cm³/mol. The topological polar surface area (TPSA) is 59.1 Å². The average molecular weight is 306 g/mol. The lowest BCUT2D eigenvalue weighted by Gasteiger charge is -2.12. The van der Waals surface area contributed by atoms with Crippen LogP contribution in [0.25, 0.3) is 0 Å². The smallest absolute Gasteiger partial charge is 0.379 e. The van der Waals surface area contributed by atoms with Crippen molar-refractivity contribution in [1.82, 2.24) is 9.97 Å². The van der Waals surface area contributed by atoms with Crippen LogP contribution >= 0.6 is 0 Å². The molecule has 8 heteroatoms. The predicted octanol–water partition coefficient (Wildman–Crippen LogP) is 3.01. The SMILES string of the molecule is CCNc1nc(NCCOCC(C)C)cc(C(F)(F)F)n1. The van der Waals surface area contributed by atoms with Gasteiger partial charge >= 0.3 is 6.18 Å². The summed E-state index contributed by atoms with van der Waals surface area (Å²) in [5.41, 5.74) is -0.973. The first-order chi connectivity index (χ1) is 9.82. The summed E-state index contributed by atoms with van der Waals surface area (Å²) >= 11 is 0. The Morgan fingerprint density at radius 1 is 1.24 bits per heavy atom. The van der Waals surface area contributed by atoms with E-state index >= 15 is 0 Å². The Hall–Kier alpha value is -1.57. The summed E-state index contributed by atoms with van der Waals surface area (Å²) in [5, 5.41) is 5.50. The van der Waals surface area contributed by atoms with Crippen molar-refractivity contribution in [2.45, 2.75) is 26.9 Å². The van der Waals surface area contributed by atoms with Gasteiger partial charge in [-0.2, -0.15) is 18.2 Å². The van der Waals surface area contributed by atoms with Crippen molar-refractivity contribution in [2.75, 3.05) is 36.9 Å². The van der Waals surface area contributed by atoms with E-state index < -0.39 is 11.9 Å². The van der Waals surface area contributed by atoms with Crippen molar-refractivity contribution in [3.05, 3.63) is 11.8 Å². The Balaban J connectivity index is 2.65. The van der Waals surface area contributed by atoms with Crippen LogP contribution in [0.3, 0.4) is 0 Å². The van der Waals surface area contributed by atoms with Gasteiger partial charge in [-0.15, -0.1) is 0 Å². The molecule has 21 heavy (non-hydrogen) atoms. The lowest BCUT2D eigenvalue weighted by Crippen LogP contribution is -2.16. The first-order valence-corrected chi connectivity index (χ1v) is 6.84. The highest BCUT2D eigenvalue weighted by atomic mass is 19.4. The number of rotatable bonds is 8. The minimum Gasteiger partial charge on any atom is -0.379 e. The molecule has 0 radical (unpaired) electrons. The molecule has 0 aliphatic rings. The lowest BCUT2D eigenvalue weighted by atomic mass is 10.2. The molecule has 120 valence electrons. The van der Waals surface area contributed by atoms with Crippen molar-refractivity contribution in [1.29, 1.82) is 0 Å². The Labute approximate surface area is 122 Å². The molecular formula is C13H21F3N4O. The molecule has 0 aliphatic carbocycles. The summed E-state index contributed by atoms with van der Waals surface area (Å²) in [6.45, 7) is 7.65. The summed E-state index contributed by atoms with van der Waals surface area (Å²) < 4.78 is 43.6. The second kappa shape index (κ2) is 8.02. The zero-order valence-electron chi connectivity index (χ0n) is 12.4. The first kappa shape index (κ1) is 17.5. The average Bonchev–Trinajstić information content (AvgIpc) is 2.37. The molecule has 0 atom stereocenters. The van der Waals surface area contributed by atoms with E-state index in [9.17, 15) is 13.2 Å². The maximum atomic E-state index is 12.7. The van der Waals surface area contributed by atoms with E-state index in [0.717, 1.165) is 6.07 Å². The van der Waals surface area contributed by atoms with Crippen molar-refractivity contribution >= 4 is 11.8 Å². The molecular weight excluding hydrogens is 285 g/mol. The van der Waals surface area contributed by atoms with Gasteiger partial charge in [0, 0.05) is 25.8 Å². The van der Waals surface area contributed by atoms with Crippen molar-refractivity contribution < 1.29 is 17.9 Å². The Morgan fingerprint density at radius 2 is 1.95 bits per heavy atom. The molecule has 1 heterocycles. The lowest BCUT2D eigenvalue weighted by molar-refractivity contribution is -0.141. The summed E-state index contributed by atoms with van der Waals surface area (Å²) in [7, 11) is 0. The van der Waals surface area contributed by atoms with Gasteiger partial charge in [0.2, 0.25) is 5.95 Å². The van der Waals surface area contributed by atoms with Crippen LogP contribution in [0, 0.1) is 5.92 Å². The summed E-state index contributed by atoms with van der Waals surface area (Å²) in [4.78, 5) is 7.42. The Morgan fingerprint density at radius 3 is 2.52 bits per heavy atom. The number of nitrogens with zero attached hydrogens (tertiary/aromatic N) is 2. The number of anilines is 2. The van der Waals surface area contributed by atoms with Crippen LogP contribution in [-0.2, 0) is 10.9 Å². The summed E-state index contributed by atoms with van der Waals surface area (Å²) in [6.07, 6.45) is -4.50. The highest BCUT2D eigenvalue weighted by Crippen LogP contribution is 2.29. The fraction of sp³-hybridized carbons (Fsp3) is 0.692. The fourth-order valence-electron chi connectivity index (χ4n) is 1.49. The van der Waals surface area contributed by atoms with E-state index in [-0.39, 0.29) is 11.8 Å². The molecule has 0 spiro atoms. The summed E-state index contributed by atoms with van der Waals surface area (Å²) in [5.74, 6) is 0.501. The normalized spacial score (nSPS) is 11.8. The molecule has 0 saturated carbocycles. The van der Waals surface area contributed by atoms with E-state index in [0.29, 0.717) is 32.2 Å². The van der Waals surface area contributed by atoms with Gasteiger partial charge < -0.3 is 15.4 Å². The molecule has 0 fully saturated rings. The van der Waals surface area contributed by atoms with Gasteiger partial charge in [0.05, 0.1) is 6.61 Å². The van der Waals surface area contributed by atoms with E-state index in [4.69, 9.17) is 4.74 Å². The minimum absolute atomic E-state index is 0.0436. The van der Waals surface area contributed by atoms with Crippen LogP contribution in [0.5, 0.6) is 0 Å². The highest BCUT2D eigenvalue weighted by molar-refractivity contribution is 5.43. The van der Waals surface area contributed by atoms with E-state index in [1.165, 1.54) is 0 Å². The van der Waals surface area contributed by atoms with Gasteiger partial charge in [0.1, 0.15) is 5.82 Å². The van der Waals surface area contributed by atoms with Gasteiger partial charge in [-0.25, -0.2) is 4.98 Å². The third-order valence-corrected chi connectivity index (χ3v) is 2.36. The zero-order valence-corrected chi connectivity index (χ0v) is 12.4. The van der Waals surface area contributed by atoms with Crippen LogP contribution in [-0.4, -0.2) is 36.3 Å². The van der Waals surface area contributed by atoms with Crippen LogP contribution in [0.1, 0.15) is 26.5 Å². The number of alkyl halides is 3. The number of aromatic nitrogens is 2. The largest absolute Gasteiger partial charge is 0.433 e. The van der Waals surface area contributed by atoms with Crippen molar-refractivity contribution in [3.63, 3.8) is 0 Å². The monoisotopic (exact) mass is 306 g/mol. The molecule has 1 rings (SSSR count). The van der Waals surface area contributed by atoms with Crippen LogP contribution in [0.2, 0.25) is 0 Å². The first-order valence-electron chi connectivity index (χ1n) is 6.84. The number of hydrogen-bond acceptors (Lipinski definition) is 5.